The van der Waals surface area contributed by atoms with Crippen LogP contribution in [0.25, 0.3) is 10.6 Å². The topological polar surface area (TPSA) is 107 Å². The highest BCUT2D eigenvalue weighted by Gasteiger charge is 2.29. The number of hydrogen-bond acceptors (Lipinski definition) is 9. The normalized spacial score (nSPS) is 17.4. The SMILES string of the molecule is Cc1c(OC2CC2)ccc(NC(=O)c2csc(-c3ccnnc3)n2)c1N1CCC[C@@H](CCC(=O)OC(C)(C)C)C1. The summed E-state index contributed by atoms with van der Waals surface area (Å²) in [7, 11) is 0. The Morgan fingerprint density at radius 2 is 1.98 bits per heavy atom. The molecule has 1 atom stereocenters. The highest BCUT2D eigenvalue weighted by atomic mass is 32.1. The summed E-state index contributed by atoms with van der Waals surface area (Å²) in [5.74, 6) is 0.790. The van der Waals surface area contributed by atoms with Gasteiger partial charge in [-0.2, -0.15) is 10.2 Å². The van der Waals surface area contributed by atoms with Crippen LogP contribution in [0, 0.1) is 12.8 Å². The van der Waals surface area contributed by atoms with Gasteiger partial charge in [0.15, 0.2) is 0 Å². The number of amides is 1. The molecule has 3 aromatic rings. The molecule has 2 aliphatic rings. The molecule has 1 aliphatic heterocycles. The van der Waals surface area contributed by atoms with E-state index in [0.29, 0.717) is 23.0 Å². The monoisotopic (exact) mass is 563 g/mol. The molecule has 40 heavy (non-hydrogen) atoms. The Labute approximate surface area is 239 Å². The minimum Gasteiger partial charge on any atom is -0.490 e. The molecule has 1 saturated heterocycles. The number of aromatic nitrogens is 3. The number of benzene rings is 1. The van der Waals surface area contributed by atoms with E-state index in [1.165, 1.54) is 11.3 Å². The molecule has 2 aromatic heterocycles. The summed E-state index contributed by atoms with van der Waals surface area (Å²) in [5, 5.41) is 13.3. The van der Waals surface area contributed by atoms with Crippen molar-refractivity contribution in [3.63, 3.8) is 0 Å². The fourth-order valence-electron chi connectivity index (χ4n) is 5.02. The smallest absolute Gasteiger partial charge is 0.306 e. The number of nitrogens with one attached hydrogen (secondary N) is 1. The second-order valence-corrected chi connectivity index (χ2v) is 12.5. The van der Waals surface area contributed by atoms with Crippen molar-refractivity contribution in [3.05, 3.63) is 47.2 Å². The Kier molecular flexibility index (Phi) is 8.35. The molecule has 10 heteroatoms. The lowest BCUT2D eigenvalue weighted by molar-refractivity contribution is -0.155. The number of thiazole rings is 1. The van der Waals surface area contributed by atoms with Gasteiger partial charge in [-0.3, -0.25) is 9.59 Å². The average Bonchev–Trinajstić information content (AvgIpc) is 3.60. The van der Waals surface area contributed by atoms with Crippen LogP contribution in [0.3, 0.4) is 0 Å². The first-order valence-electron chi connectivity index (χ1n) is 14.0. The third-order valence-electron chi connectivity index (χ3n) is 7.03. The predicted molar refractivity (Wildman–Crippen MR) is 156 cm³/mol. The summed E-state index contributed by atoms with van der Waals surface area (Å²) >= 11 is 1.40. The molecular weight excluding hydrogens is 526 g/mol. The number of rotatable bonds is 9. The third kappa shape index (κ3) is 7.15. The largest absolute Gasteiger partial charge is 0.490 e. The van der Waals surface area contributed by atoms with Crippen molar-refractivity contribution in [2.45, 2.75) is 77.9 Å². The molecule has 1 N–H and O–H groups in total. The number of hydrogen-bond donors (Lipinski definition) is 1. The van der Waals surface area contributed by atoms with Crippen LogP contribution in [0.4, 0.5) is 11.4 Å². The number of ether oxygens (including phenoxy) is 2. The Bertz CT molecular complexity index is 1350. The Balaban J connectivity index is 1.34. The van der Waals surface area contributed by atoms with Crippen LogP contribution in [0.5, 0.6) is 5.75 Å². The number of nitrogens with zero attached hydrogens (tertiary/aromatic N) is 4. The summed E-state index contributed by atoms with van der Waals surface area (Å²) in [5.41, 5.74) is 3.42. The second-order valence-electron chi connectivity index (χ2n) is 11.6. The fourth-order valence-corrected chi connectivity index (χ4v) is 5.81. The highest BCUT2D eigenvalue weighted by molar-refractivity contribution is 7.13. The van der Waals surface area contributed by atoms with Crippen LogP contribution < -0.4 is 15.0 Å². The van der Waals surface area contributed by atoms with E-state index in [1.807, 2.05) is 39.0 Å². The third-order valence-corrected chi connectivity index (χ3v) is 7.92. The first-order valence-corrected chi connectivity index (χ1v) is 14.9. The van der Waals surface area contributed by atoms with E-state index < -0.39 is 5.60 Å². The van der Waals surface area contributed by atoms with Crippen molar-refractivity contribution >= 4 is 34.6 Å². The lowest BCUT2D eigenvalue weighted by Crippen LogP contribution is -2.37. The van der Waals surface area contributed by atoms with Gasteiger partial charge >= 0.3 is 5.97 Å². The fraction of sp³-hybridized carbons (Fsp3) is 0.500. The second kappa shape index (κ2) is 11.9. The lowest BCUT2D eigenvalue weighted by Gasteiger charge is -2.37. The van der Waals surface area contributed by atoms with Crippen molar-refractivity contribution in [2.24, 2.45) is 5.92 Å². The predicted octanol–water partition coefficient (Wildman–Crippen LogP) is 6.04. The summed E-state index contributed by atoms with van der Waals surface area (Å²) in [6, 6.07) is 5.71. The number of anilines is 2. The zero-order chi connectivity index (χ0) is 28.3. The van der Waals surface area contributed by atoms with Crippen molar-refractivity contribution in [3.8, 4) is 16.3 Å². The summed E-state index contributed by atoms with van der Waals surface area (Å²) < 4.78 is 11.7. The van der Waals surface area contributed by atoms with Crippen molar-refractivity contribution in [1.29, 1.82) is 0 Å². The molecule has 5 rings (SSSR count). The average molecular weight is 564 g/mol. The van der Waals surface area contributed by atoms with Gasteiger partial charge < -0.3 is 19.7 Å². The van der Waals surface area contributed by atoms with Crippen molar-refractivity contribution in [2.75, 3.05) is 23.3 Å². The lowest BCUT2D eigenvalue weighted by atomic mass is 9.92. The van der Waals surface area contributed by atoms with Crippen LogP contribution >= 0.6 is 11.3 Å². The van der Waals surface area contributed by atoms with E-state index in [4.69, 9.17) is 9.47 Å². The molecule has 2 fully saturated rings. The van der Waals surface area contributed by atoms with Gasteiger partial charge in [-0.05, 0) is 83.9 Å². The standard InChI is InChI=1S/C30H37N5O4S/c1-19-25(38-22-8-9-22)11-10-23(33-28(37)24-18-40-29(34-24)21-13-14-31-32-16-21)27(19)35-15-5-6-20(17-35)7-12-26(36)39-30(2,3)4/h10-11,13-14,16,18,20,22H,5-9,12,15,17H2,1-4H3,(H,33,37)/t20-/m0/s1. The number of carbonyl (C=O) groups excluding carboxylic acids is 2. The van der Waals surface area contributed by atoms with Crippen LogP contribution in [0.2, 0.25) is 0 Å². The van der Waals surface area contributed by atoms with Crippen LogP contribution in [-0.4, -0.2) is 51.9 Å². The van der Waals surface area contributed by atoms with E-state index in [9.17, 15) is 9.59 Å². The van der Waals surface area contributed by atoms with Gasteiger partial charge in [0.1, 0.15) is 22.1 Å². The molecule has 9 nitrogen and oxygen atoms in total. The van der Waals surface area contributed by atoms with Crippen LogP contribution in [-0.2, 0) is 9.53 Å². The molecule has 3 heterocycles. The number of esters is 1. The summed E-state index contributed by atoms with van der Waals surface area (Å²) in [6.07, 6.45) is 8.90. The van der Waals surface area contributed by atoms with Gasteiger partial charge in [0, 0.05) is 36.0 Å². The molecule has 0 radical (unpaired) electrons. The van der Waals surface area contributed by atoms with E-state index in [2.05, 4.69) is 32.3 Å². The molecular formula is C30H37N5O4S. The molecule has 1 amide bonds. The molecule has 1 aliphatic carbocycles. The van der Waals surface area contributed by atoms with Crippen molar-refractivity contribution < 1.29 is 19.1 Å². The summed E-state index contributed by atoms with van der Waals surface area (Å²) in [4.78, 5) is 32.6. The molecule has 0 spiro atoms. The minimum atomic E-state index is -0.477. The van der Waals surface area contributed by atoms with Crippen molar-refractivity contribution in [1.82, 2.24) is 15.2 Å². The highest BCUT2D eigenvalue weighted by Crippen LogP contribution is 2.41. The Morgan fingerprint density at radius 1 is 1.15 bits per heavy atom. The Hall–Kier alpha value is -3.53. The zero-order valence-corrected chi connectivity index (χ0v) is 24.4. The molecule has 1 saturated carbocycles. The number of carbonyl (C=O) groups is 2. The molecule has 1 aromatic carbocycles. The first kappa shape index (κ1) is 28.0. The molecule has 0 bridgehead atoms. The molecule has 212 valence electrons. The van der Waals surface area contributed by atoms with E-state index in [0.717, 1.165) is 73.4 Å². The maximum absolute atomic E-state index is 13.3. The van der Waals surface area contributed by atoms with E-state index in [1.54, 1.807) is 17.8 Å². The Morgan fingerprint density at radius 3 is 2.70 bits per heavy atom. The van der Waals surface area contributed by atoms with Gasteiger partial charge in [0.2, 0.25) is 0 Å². The first-order chi connectivity index (χ1) is 19.2. The van der Waals surface area contributed by atoms with Gasteiger partial charge in [0.25, 0.3) is 5.91 Å². The van der Waals surface area contributed by atoms with Gasteiger partial charge in [-0.25, -0.2) is 4.98 Å². The maximum Gasteiger partial charge on any atom is 0.306 e. The van der Waals surface area contributed by atoms with Crippen LogP contribution in [0.15, 0.2) is 36.0 Å². The van der Waals surface area contributed by atoms with Gasteiger partial charge in [-0.15, -0.1) is 11.3 Å². The minimum absolute atomic E-state index is 0.154. The van der Waals surface area contributed by atoms with E-state index in [-0.39, 0.29) is 18.0 Å². The quantitative estimate of drug-likeness (QED) is 0.314. The summed E-state index contributed by atoms with van der Waals surface area (Å²) in [6.45, 7) is 9.41. The van der Waals surface area contributed by atoms with Gasteiger partial charge in [0.05, 0.1) is 29.9 Å². The van der Waals surface area contributed by atoms with Crippen LogP contribution in [0.1, 0.15) is 75.3 Å². The number of piperidine rings is 1. The van der Waals surface area contributed by atoms with Gasteiger partial charge in [-0.1, -0.05) is 0 Å². The van der Waals surface area contributed by atoms with E-state index >= 15 is 0 Å². The maximum atomic E-state index is 13.3. The zero-order valence-electron chi connectivity index (χ0n) is 23.6. The molecule has 0 unspecified atom stereocenters.